The number of nitrogens with zero attached hydrogens (tertiary/aromatic N) is 5. The normalized spacial score (nSPS) is 23.0. The van der Waals surface area contributed by atoms with Gasteiger partial charge in [0.1, 0.15) is 5.82 Å². The number of halogens is 3. The minimum absolute atomic E-state index is 0.0822. The fourth-order valence-electron chi connectivity index (χ4n) is 4.28. The number of hydrogen-bond acceptors (Lipinski definition) is 5. The van der Waals surface area contributed by atoms with Crippen LogP contribution in [0, 0.1) is 11.8 Å². The zero-order valence-electron chi connectivity index (χ0n) is 16.6. The Bertz CT molecular complexity index is 975. The van der Waals surface area contributed by atoms with Crippen molar-refractivity contribution in [3.63, 3.8) is 0 Å². The molecule has 1 fully saturated rings. The Kier molecular flexibility index (Phi) is 5.11. The van der Waals surface area contributed by atoms with Crippen molar-refractivity contribution >= 4 is 28.5 Å². The van der Waals surface area contributed by atoms with Gasteiger partial charge in [0.05, 0.1) is 23.2 Å². The van der Waals surface area contributed by atoms with Gasteiger partial charge < -0.3 is 10.0 Å². The molecule has 2 aromatic rings. The first-order valence-electron chi connectivity index (χ1n) is 9.68. The standard InChI is InChI=1S/C20H24ClF2N5O/c1-11-13(16(22)23)5-4-6-15(11)28-18-14(8-24-28)17(25-19(21)26-18)27-9-12(10-27)7-20(2,3)29/h4-6,8,11-12,15-16,29H,7,9-10H2,1-3H3. The number of alkyl halides is 2. The molecule has 1 aliphatic heterocycles. The Balaban J connectivity index is 1.64. The van der Waals surface area contributed by atoms with Crippen LogP contribution in [-0.4, -0.2) is 50.0 Å². The van der Waals surface area contributed by atoms with E-state index in [1.165, 1.54) is 6.08 Å². The summed E-state index contributed by atoms with van der Waals surface area (Å²) in [4.78, 5) is 10.8. The highest BCUT2D eigenvalue weighted by Gasteiger charge is 2.35. The quantitative estimate of drug-likeness (QED) is 0.736. The van der Waals surface area contributed by atoms with Gasteiger partial charge in [-0.05, 0) is 37.8 Å². The first-order chi connectivity index (χ1) is 13.6. The third kappa shape index (κ3) is 3.88. The van der Waals surface area contributed by atoms with Crippen molar-refractivity contribution in [2.24, 2.45) is 11.8 Å². The third-order valence-electron chi connectivity index (χ3n) is 5.62. The summed E-state index contributed by atoms with van der Waals surface area (Å²) in [6.45, 7) is 6.89. The summed E-state index contributed by atoms with van der Waals surface area (Å²) in [5.74, 6) is 0.643. The van der Waals surface area contributed by atoms with E-state index in [1.807, 2.05) is 6.08 Å². The molecule has 0 aromatic carbocycles. The Morgan fingerprint density at radius 1 is 1.31 bits per heavy atom. The molecular weight excluding hydrogens is 400 g/mol. The average Bonchev–Trinajstić information content (AvgIpc) is 3.00. The summed E-state index contributed by atoms with van der Waals surface area (Å²) < 4.78 is 28.3. The number of aliphatic hydroxyl groups is 1. The lowest BCUT2D eigenvalue weighted by atomic mass is 9.88. The zero-order valence-corrected chi connectivity index (χ0v) is 17.3. The van der Waals surface area contributed by atoms with E-state index < -0.39 is 17.9 Å². The highest BCUT2D eigenvalue weighted by Crippen LogP contribution is 2.37. The number of anilines is 1. The lowest BCUT2D eigenvalue weighted by Gasteiger charge is -2.42. The summed E-state index contributed by atoms with van der Waals surface area (Å²) in [6.07, 6.45) is 4.82. The summed E-state index contributed by atoms with van der Waals surface area (Å²) in [5, 5.41) is 15.3. The molecule has 0 amide bonds. The predicted octanol–water partition coefficient (Wildman–Crippen LogP) is 4.02. The molecule has 2 aromatic heterocycles. The molecule has 1 N–H and O–H groups in total. The second-order valence-corrected chi connectivity index (χ2v) is 8.90. The Hall–Kier alpha value is -2.06. The van der Waals surface area contributed by atoms with Crippen molar-refractivity contribution in [3.8, 4) is 0 Å². The van der Waals surface area contributed by atoms with Crippen molar-refractivity contribution in [2.75, 3.05) is 18.0 Å². The van der Waals surface area contributed by atoms with Gasteiger partial charge in [-0.2, -0.15) is 15.1 Å². The minimum Gasteiger partial charge on any atom is -0.390 e. The van der Waals surface area contributed by atoms with Gasteiger partial charge in [0.15, 0.2) is 5.65 Å². The van der Waals surface area contributed by atoms with Crippen molar-refractivity contribution in [2.45, 2.75) is 45.3 Å². The van der Waals surface area contributed by atoms with Crippen LogP contribution in [0.15, 0.2) is 30.0 Å². The van der Waals surface area contributed by atoms with Crippen LogP contribution in [0.3, 0.4) is 0 Å². The fraction of sp³-hybridized carbons (Fsp3) is 0.550. The van der Waals surface area contributed by atoms with Gasteiger partial charge in [-0.15, -0.1) is 0 Å². The lowest BCUT2D eigenvalue weighted by molar-refractivity contribution is 0.0474. The van der Waals surface area contributed by atoms with Crippen LogP contribution in [0.2, 0.25) is 5.28 Å². The molecule has 156 valence electrons. The zero-order chi connectivity index (χ0) is 20.9. The Morgan fingerprint density at radius 3 is 2.69 bits per heavy atom. The first-order valence-corrected chi connectivity index (χ1v) is 10.1. The van der Waals surface area contributed by atoms with E-state index in [0.717, 1.165) is 18.5 Å². The molecule has 0 spiro atoms. The van der Waals surface area contributed by atoms with E-state index in [2.05, 4.69) is 20.0 Å². The molecule has 1 saturated heterocycles. The van der Waals surface area contributed by atoms with Crippen molar-refractivity contribution in [1.82, 2.24) is 19.7 Å². The maximum absolute atomic E-state index is 13.3. The summed E-state index contributed by atoms with van der Waals surface area (Å²) in [5.41, 5.74) is -0.0960. The molecule has 0 radical (unpaired) electrons. The molecule has 6 nitrogen and oxygen atoms in total. The van der Waals surface area contributed by atoms with Gasteiger partial charge in [0.25, 0.3) is 6.43 Å². The third-order valence-corrected chi connectivity index (χ3v) is 5.79. The van der Waals surface area contributed by atoms with Gasteiger partial charge in [-0.3, -0.25) is 0 Å². The number of hydrogen-bond donors (Lipinski definition) is 1. The van der Waals surface area contributed by atoms with Crippen LogP contribution >= 0.6 is 11.6 Å². The molecule has 2 unspecified atom stereocenters. The van der Waals surface area contributed by atoms with Crippen molar-refractivity contribution < 1.29 is 13.9 Å². The second kappa shape index (κ2) is 7.32. The average molecular weight is 424 g/mol. The summed E-state index contributed by atoms with van der Waals surface area (Å²) in [7, 11) is 0. The molecule has 4 rings (SSSR count). The van der Waals surface area contributed by atoms with E-state index >= 15 is 0 Å². The monoisotopic (exact) mass is 423 g/mol. The number of aromatic nitrogens is 4. The lowest BCUT2D eigenvalue weighted by Crippen LogP contribution is -2.49. The van der Waals surface area contributed by atoms with E-state index in [1.54, 1.807) is 37.7 Å². The van der Waals surface area contributed by atoms with Gasteiger partial charge in [0.2, 0.25) is 5.28 Å². The molecule has 0 saturated carbocycles. The molecule has 29 heavy (non-hydrogen) atoms. The predicted molar refractivity (Wildman–Crippen MR) is 108 cm³/mol. The van der Waals surface area contributed by atoms with Crippen LogP contribution in [0.4, 0.5) is 14.6 Å². The SMILES string of the molecule is CC1C(C(F)F)=CC=CC1n1ncc2c(N3CC(CC(C)(C)O)C3)nc(Cl)nc21. The molecule has 2 aliphatic rings. The molecule has 9 heteroatoms. The van der Waals surface area contributed by atoms with Crippen LogP contribution in [0.5, 0.6) is 0 Å². The molecular formula is C20H24ClF2N5O. The number of allylic oxidation sites excluding steroid dienone is 4. The van der Waals surface area contributed by atoms with Gasteiger partial charge >= 0.3 is 0 Å². The first kappa shape index (κ1) is 20.2. The van der Waals surface area contributed by atoms with Gasteiger partial charge in [-0.1, -0.05) is 25.2 Å². The largest absolute Gasteiger partial charge is 0.390 e. The van der Waals surface area contributed by atoms with Crippen molar-refractivity contribution in [1.29, 1.82) is 0 Å². The molecule has 1 aliphatic carbocycles. The van der Waals surface area contributed by atoms with Crippen LogP contribution in [-0.2, 0) is 0 Å². The smallest absolute Gasteiger partial charge is 0.260 e. The van der Waals surface area contributed by atoms with E-state index in [4.69, 9.17) is 11.6 Å². The topological polar surface area (TPSA) is 67.1 Å². The number of fused-ring (bicyclic) bond motifs is 1. The highest BCUT2D eigenvalue weighted by molar-refractivity contribution is 6.28. The minimum atomic E-state index is -2.51. The maximum atomic E-state index is 13.3. The summed E-state index contributed by atoms with van der Waals surface area (Å²) in [6, 6.07) is -0.375. The molecule has 2 atom stereocenters. The highest BCUT2D eigenvalue weighted by atomic mass is 35.5. The Morgan fingerprint density at radius 2 is 2.03 bits per heavy atom. The van der Waals surface area contributed by atoms with E-state index in [-0.39, 0.29) is 16.9 Å². The summed E-state index contributed by atoms with van der Waals surface area (Å²) >= 11 is 6.20. The van der Waals surface area contributed by atoms with Crippen molar-refractivity contribution in [3.05, 3.63) is 35.3 Å². The maximum Gasteiger partial charge on any atom is 0.260 e. The van der Waals surface area contributed by atoms with Gasteiger partial charge in [0, 0.05) is 24.6 Å². The van der Waals surface area contributed by atoms with Gasteiger partial charge in [-0.25, -0.2) is 13.5 Å². The number of rotatable bonds is 5. The molecule has 3 heterocycles. The molecule has 0 bridgehead atoms. The van der Waals surface area contributed by atoms with Crippen LogP contribution in [0.1, 0.15) is 33.2 Å². The van der Waals surface area contributed by atoms with Crippen LogP contribution in [0.25, 0.3) is 11.0 Å². The van der Waals surface area contributed by atoms with E-state index in [0.29, 0.717) is 23.8 Å². The fourth-order valence-corrected chi connectivity index (χ4v) is 4.44. The Labute approximate surface area is 172 Å². The van der Waals surface area contributed by atoms with E-state index in [9.17, 15) is 13.9 Å². The van der Waals surface area contributed by atoms with Crippen LogP contribution < -0.4 is 4.90 Å². The second-order valence-electron chi connectivity index (χ2n) is 8.56.